The highest BCUT2D eigenvalue weighted by atomic mass is 32.2. The molecule has 2 aromatic carbocycles. The van der Waals surface area contributed by atoms with Gasteiger partial charge in [-0.1, -0.05) is 30.4 Å². The van der Waals surface area contributed by atoms with E-state index in [1.165, 1.54) is 35.1 Å². The molecule has 0 aliphatic carbocycles. The highest BCUT2D eigenvalue weighted by Gasteiger charge is 2.10. The molecule has 3 rings (SSSR count). The Labute approximate surface area is 154 Å². The minimum absolute atomic E-state index is 0.267. The van der Waals surface area contributed by atoms with E-state index in [1.807, 2.05) is 0 Å². The molecule has 0 aliphatic heterocycles. The molecule has 130 valence electrons. The molecule has 1 amide bonds. The Morgan fingerprint density at radius 2 is 2.12 bits per heavy atom. The highest BCUT2D eigenvalue weighted by Crippen LogP contribution is 2.20. The second kappa shape index (κ2) is 7.97. The van der Waals surface area contributed by atoms with Crippen LogP contribution in [0.25, 0.3) is 10.2 Å². The first-order chi connectivity index (χ1) is 12.1. The summed E-state index contributed by atoms with van der Waals surface area (Å²) in [5.74, 6) is 0.0859. The van der Waals surface area contributed by atoms with E-state index < -0.39 is 11.7 Å². The smallest absolute Gasteiger partial charge is 0.279 e. The summed E-state index contributed by atoms with van der Waals surface area (Å²) in [4.78, 5) is 17.4. The lowest BCUT2D eigenvalue weighted by molar-refractivity contribution is 0.0997. The van der Waals surface area contributed by atoms with Crippen LogP contribution in [0.4, 0.5) is 4.39 Å². The van der Waals surface area contributed by atoms with Crippen LogP contribution in [0.2, 0.25) is 0 Å². The first-order valence-corrected chi connectivity index (χ1v) is 10.3. The Balaban J connectivity index is 2.11. The summed E-state index contributed by atoms with van der Waals surface area (Å²) in [6, 6.07) is 12.0. The van der Waals surface area contributed by atoms with Crippen molar-refractivity contribution in [1.29, 1.82) is 0 Å². The number of nitrogens with zero attached hydrogens (tertiary/aromatic N) is 2. The van der Waals surface area contributed by atoms with Gasteiger partial charge in [-0.3, -0.25) is 4.79 Å². The number of aryl methyl sites for hydroxylation is 2. The van der Waals surface area contributed by atoms with Gasteiger partial charge >= 0.3 is 0 Å². The lowest BCUT2D eigenvalue weighted by Gasteiger charge is -2.04. The number of rotatable bonds is 5. The predicted octanol–water partition coefficient (Wildman–Crippen LogP) is 4.51. The van der Waals surface area contributed by atoms with Crippen LogP contribution in [-0.2, 0) is 13.0 Å². The van der Waals surface area contributed by atoms with Gasteiger partial charge in [0.25, 0.3) is 5.91 Å². The SMILES string of the molecule is CCc1ccc2c(c1)sc(=NC(=O)c1cccc(F)c1)n2CCSC. The molecule has 0 N–H and O–H groups in total. The number of aromatic nitrogens is 1. The van der Waals surface area contributed by atoms with E-state index in [-0.39, 0.29) is 5.56 Å². The van der Waals surface area contributed by atoms with Gasteiger partial charge in [-0.2, -0.15) is 16.8 Å². The molecule has 0 fully saturated rings. The van der Waals surface area contributed by atoms with E-state index >= 15 is 0 Å². The van der Waals surface area contributed by atoms with Crippen molar-refractivity contribution in [3.63, 3.8) is 0 Å². The molecule has 1 heterocycles. The van der Waals surface area contributed by atoms with Crippen molar-refractivity contribution in [2.24, 2.45) is 4.99 Å². The Hall–Kier alpha value is -1.92. The third-order valence-corrected chi connectivity index (χ3v) is 5.58. The summed E-state index contributed by atoms with van der Waals surface area (Å²) in [5, 5.41) is 0. The summed E-state index contributed by atoms with van der Waals surface area (Å²) >= 11 is 3.25. The summed E-state index contributed by atoms with van der Waals surface area (Å²) in [7, 11) is 0. The molecule has 0 radical (unpaired) electrons. The van der Waals surface area contributed by atoms with Crippen molar-refractivity contribution in [1.82, 2.24) is 4.57 Å². The lowest BCUT2D eigenvalue weighted by atomic mass is 10.2. The molecule has 0 saturated carbocycles. The number of thiazole rings is 1. The molecular formula is C19H19FN2OS2. The van der Waals surface area contributed by atoms with Gasteiger partial charge in [0.1, 0.15) is 5.82 Å². The predicted molar refractivity (Wildman–Crippen MR) is 104 cm³/mol. The third-order valence-electron chi connectivity index (χ3n) is 3.94. The molecule has 25 heavy (non-hydrogen) atoms. The third kappa shape index (κ3) is 4.02. The summed E-state index contributed by atoms with van der Waals surface area (Å²) in [5.41, 5.74) is 2.61. The fourth-order valence-electron chi connectivity index (χ4n) is 2.59. The first-order valence-electron chi connectivity index (χ1n) is 8.08. The summed E-state index contributed by atoms with van der Waals surface area (Å²) in [6.07, 6.45) is 3.02. The zero-order chi connectivity index (χ0) is 17.8. The van der Waals surface area contributed by atoms with E-state index in [4.69, 9.17) is 0 Å². The van der Waals surface area contributed by atoms with E-state index in [0.717, 1.165) is 28.9 Å². The normalized spacial score (nSPS) is 12.0. The van der Waals surface area contributed by atoms with Crippen molar-refractivity contribution in [3.8, 4) is 0 Å². The average Bonchev–Trinajstić information content (AvgIpc) is 2.95. The number of amides is 1. The van der Waals surface area contributed by atoms with Crippen LogP contribution in [0.1, 0.15) is 22.8 Å². The van der Waals surface area contributed by atoms with Crippen molar-refractivity contribution in [3.05, 3.63) is 64.2 Å². The first kappa shape index (κ1) is 17.9. The van der Waals surface area contributed by atoms with Crippen molar-refractivity contribution in [2.75, 3.05) is 12.0 Å². The summed E-state index contributed by atoms with van der Waals surface area (Å²) in [6.45, 7) is 2.90. The number of hydrogen-bond acceptors (Lipinski definition) is 3. The molecule has 0 spiro atoms. The zero-order valence-electron chi connectivity index (χ0n) is 14.2. The molecule has 0 aliphatic rings. The molecule has 3 aromatic rings. The number of halogens is 1. The standard InChI is InChI=1S/C19H19FN2OS2/c1-3-13-7-8-16-17(11-13)25-19(22(16)9-10-24-2)21-18(23)14-5-4-6-15(20)12-14/h4-8,11-12H,3,9-10H2,1-2H3. The molecular weight excluding hydrogens is 355 g/mol. The number of benzene rings is 2. The maximum absolute atomic E-state index is 13.4. The van der Waals surface area contributed by atoms with Crippen molar-refractivity contribution >= 4 is 39.2 Å². The van der Waals surface area contributed by atoms with E-state index in [0.29, 0.717) is 4.80 Å². The van der Waals surface area contributed by atoms with Gasteiger partial charge in [0.2, 0.25) is 0 Å². The van der Waals surface area contributed by atoms with Crippen molar-refractivity contribution < 1.29 is 9.18 Å². The molecule has 6 heteroatoms. The van der Waals surface area contributed by atoms with E-state index in [9.17, 15) is 9.18 Å². The highest BCUT2D eigenvalue weighted by molar-refractivity contribution is 7.98. The summed E-state index contributed by atoms with van der Waals surface area (Å²) < 4.78 is 16.6. The number of thioether (sulfide) groups is 1. The Morgan fingerprint density at radius 3 is 2.84 bits per heavy atom. The van der Waals surface area contributed by atoms with Crippen LogP contribution in [0.15, 0.2) is 47.5 Å². The fraction of sp³-hybridized carbons (Fsp3) is 0.263. The maximum Gasteiger partial charge on any atom is 0.279 e. The van der Waals surface area contributed by atoms with Crippen LogP contribution in [0.5, 0.6) is 0 Å². The zero-order valence-corrected chi connectivity index (χ0v) is 15.8. The van der Waals surface area contributed by atoms with Gasteiger partial charge in [0.15, 0.2) is 4.80 Å². The van der Waals surface area contributed by atoms with Gasteiger partial charge in [-0.15, -0.1) is 0 Å². The number of carbonyl (C=O) groups excluding carboxylic acids is 1. The molecule has 0 unspecified atom stereocenters. The van der Waals surface area contributed by atoms with Gasteiger partial charge in [0.05, 0.1) is 10.2 Å². The Kier molecular flexibility index (Phi) is 5.71. The van der Waals surface area contributed by atoms with E-state index in [2.05, 4.69) is 40.9 Å². The van der Waals surface area contributed by atoms with Crippen LogP contribution >= 0.6 is 23.1 Å². The van der Waals surface area contributed by atoms with Gasteiger partial charge < -0.3 is 4.57 Å². The van der Waals surface area contributed by atoms with Crippen LogP contribution < -0.4 is 4.80 Å². The molecule has 0 saturated heterocycles. The molecule has 1 aromatic heterocycles. The molecule has 3 nitrogen and oxygen atoms in total. The fourth-order valence-corrected chi connectivity index (χ4v) is 4.08. The van der Waals surface area contributed by atoms with Crippen LogP contribution in [-0.4, -0.2) is 22.5 Å². The topological polar surface area (TPSA) is 34.4 Å². The minimum atomic E-state index is -0.430. The van der Waals surface area contributed by atoms with Crippen molar-refractivity contribution in [2.45, 2.75) is 19.9 Å². The van der Waals surface area contributed by atoms with Crippen LogP contribution in [0.3, 0.4) is 0 Å². The number of carbonyl (C=O) groups is 1. The van der Waals surface area contributed by atoms with Gasteiger partial charge in [-0.05, 0) is 48.6 Å². The second-order valence-electron chi connectivity index (χ2n) is 5.61. The average molecular weight is 375 g/mol. The molecule has 0 bridgehead atoms. The quantitative estimate of drug-likeness (QED) is 0.659. The minimum Gasteiger partial charge on any atom is -0.316 e. The Morgan fingerprint density at radius 1 is 1.28 bits per heavy atom. The monoisotopic (exact) mass is 374 g/mol. The van der Waals surface area contributed by atoms with E-state index in [1.54, 1.807) is 17.8 Å². The van der Waals surface area contributed by atoms with Gasteiger partial charge in [0, 0.05) is 17.9 Å². The maximum atomic E-state index is 13.4. The second-order valence-corrected chi connectivity index (χ2v) is 7.61. The lowest BCUT2D eigenvalue weighted by Crippen LogP contribution is -2.18. The number of fused-ring (bicyclic) bond motifs is 1. The largest absolute Gasteiger partial charge is 0.316 e. The Bertz CT molecular complexity index is 975. The van der Waals surface area contributed by atoms with Gasteiger partial charge in [-0.25, -0.2) is 4.39 Å². The van der Waals surface area contributed by atoms with Crippen LogP contribution in [0, 0.1) is 5.82 Å². The number of hydrogen-bond donors (Lipinski definition) is 0. The molecule has 0 atom stereocenters.